The van der Waals surface area contributed by atoms with E-state index in [9.17, 15) is 9.90 Å². The average molecular weight is 444 g/mol. The molecule has 0 saturated carbocycles. The number of rotatable bonds is 6. The van der Waals surface area contributed by atoms with Crippen molar-refractivity contribution < 1.29 is 14.6 Å². The van der Waals surface area contributed by atoms with Crippen LogP contribution in [-0.2, 0) is 4.79 Å². The van der Waals surface area contributed by atoms with E-state index in [0.29, 0.717) is 20.8 Å². The van der Waals surface area contributed by atoms with Gasteiger partial charge in [0.2, 0.25) is 0 Å². The van der Waals surface area contributed by atoms with Crippen LogP contribution in [0.5, 0.6) is 11.5 Å². The summed E-state index contributed by atoms with van der Waals surface area (Å²) in [6.07, 6.45) is 1.48. The van der Waals surface area contributed by atoms with E-state index in [1.54, 1.807) is 31.2 Å². The van der Waals surface area contributed by atoms with Crippen LogP contribution in [0.25, 0.3) is 0 Å². The molecular weight excluding hydrogens is 428 g/mol. The van der Waals surface area contributed by atoms with E-state index in [-0.39, 0.29) is 16.9 Å². The number of phenols is 1. The molecule has 132 valence electrons. The minimum absolute atomic E-state index is 0.0108. The largest absolute Gasteiger partial charge is 0.503 e. The lowest BCUT2D eigenvalue weighted by atomic mass is 10.2. The lowest BCUT2D eigenvalue weighted by Gasteiger charge is -2.09. The van der Waals surface area contributed by atoms with Gasteiger partial charge in [0.05, 0.1) is 23.0 Å². The average Bonchev–Trinajstić information content (AvgIpc) is 2.59. The molecule has 5 nitrogen and oxygen atoms in total. The van der Waals surface area contributed by atoms with E-state index >= 15 is 0 Å². The maximum Gasteiger partial charge on any atom is 0.253 e. The Morgan fingerprint density at radius 2 is 2.08 bits per heavy atom. The first-order valence-electron chi connectivity index (χ1n) is 7.22. The van der Waals surface area contributed by atoms with Gasteiger partial charge in [-0.2, -0.15) is 5.10 Å². The molecule has 0 spiro atoms. The number of hydrazone groups is 1. The van der Waals surface area contributed by atoms with Gasteiger partial charge in [0.1, 0.15) is 0 Å². The highest BCUT2D eigenvalue weighted by atomic mass is 79.9. The number of halogens is 2. The second kappa shape index (κ2) is 9.12. The van der Waals surface area contributed by atoms with Crippen molar-refractivity contribution in [3.63, 3.8) is 0 Å². The van der Waals surface area contributed by atoms with Gasteiger partial charge in [-0.1, -0.05) is 11.6 Å². The lowest BCUT2D eigenvalue weighted by Crippen LogP contribution is -2.26. The Labute approximate surface area is 163 Å². The van der Waals surface area contributed by atoms with Crippen LogP contribution in [0.15, 0.2) is 50.9 Å². The third-order valence-electron chi connectivity index (χ3n) is 3.15. The van der Waals surface area contributed by atoms with Crippen LogP contribution in [0.3, 0.4) is 0 Å². The van der Waals surface area contributed by atoms with Crippen LogP contribution < -0.4 is 10.2 Å². The monoisotopic (exact) mass is 442 g/mol. The van der Waals surface area contributed by atoms with E-state index in [4.69, 9.17) is 16.3 Å². The number of hydrogen-bond acceptors (Lipinski definition) is 5. The number of amides is 1. The molecular formula is C17H16BrClN2O3S. The van der Waals surface area contributed by atoms with E-state index in [2.05, 4.69) is 26.5 Å². The van der Waals surface area contributed by atoms with Gasteiger partial charge in [0, 0.05) is 9.92 Å². The molecule has 0 heterocycles. The van der Waals surface area contributed by atoms with Crippen molar-refractivity contribution >= 4 is 51.4 Å². The first-order chi connectivity index (χ1) is 11.9. The summed E-state index contributed by atoms with van der Waals surface area (Å²) in [4.78, 5) is 13.1. The normalized spacial score (nSPS) is 12.2. The van der Waals surface area contributed by atoms with Gasteiger partial charge in [0.25, 0.3) is 5.91 Å². The zero-order valence-corrected chi connectivity index (χ0v) is 16.7. The van der Waals surface area contributed by atoms with E-state index in [1.807, 2.05) is 12.1 Å². The van der Waals surface area contributed by atoms with Crippen LogP contribution in [0.2, 0.25) is 5.02 Å². The maximum atomic E-state index is 12.1. The van der Waals surface area contributed by atoms with Crippen molar-refractivity contribution in [2.75, 3.05) is 7.11 Å². The fourth-order valence-electron chi connectivity index (χ4n) is 1.86. The van der Waals surface area contributed by atoms with Crippen LogP contribution in [0, 0.1) is 0 Å². The number of thioether (sulfide) groups is 1. The number of benzene rings is 2. The molecule has 0 aliphatic rings. The van der Waals surface area contributed by atoms with E-state index in [1.165, 1.54) is 25.1 Å². The Kier molecular flexibility index (Phi) is 7.16. The Balaban J connectivity index is 1.95. The van der Waals surface area contributed by atoms with Gasteiger partial charge in [-0.05, 0) is 64.8 Å². The molecule has 25 heavy (non-hydrogen) atoms. The minimum Gasteiger partial charge on any atom is -0.503 e. The highest BCUT2D eigenvalue weighted by Gasteiger charge is 2.13. The third-order valence-corrected chi connectivity index (χ3v) is 5.12. The van der Waals surface area contributed by atoms with Crippen molar-refractivity contribution in [2.45, 2.75) is 17.1 Å². The molecule has 0 aliphatic heterocycles. The number of nitrogens with one attached hydrogen (secondary N) is 1. The molecule has 1 unspecified atom stereocenters. The quantitative estimate of drug-likeness (QED) is 0.393. The predicted molar refractivity (Wildman–Crippen MR) is 105 cm³/mol. The zero-order valence-electron chi connectivity index (χ0n) is 13.5. The summed E-state index contributed by atoms with van der Waals surface area (Å²) >= 11 is 10.5. The van der Waals surface area contributed by atoms with Gasteiger partial charge in [0.15, 0.2) is 11.5 Å². The fourth-order valence-corrected chi connectivity index (χ4v) is 3.30. The Bertz CT molecular complexity index is 784. The molecule has 2 aromatic carbocycles. The van der Waals surface area contributed by atoms with Gasteiger partial charge in [-0.25, -0.2) is 5.43 Å². The standard InChI is InChI=1S/C17H16BrClN2O3S/c1-10(25-13-5-3-12(19)4-6-13)17(23)21-20-9-11-7-14(18)16(22)15(8-11)24-2/h3-10,22H,1-2H3,(H,21,23). The van der Waals surface area contributed by atoms with Crippen molar-refractivity contribution in [1.29, 1.82) is 0 Å². The summed E-state index contributed by atoms with van der Waals surface area (Å²) < 4.78 is 5.54. The molecule has 1 amide bonds. The van der Waals surface area contributed by atoms with Crippen molar-refractivity contribution in [3.8, 4) is 11.5 Å². The lowest BCUT2D eigenvalue weighted by molar-refractivity contribution is -0.120. The topological polar surface area (TPSA) is 70.9 Å². The van der Waals surface area contributed by atoms with Gasteiger partial charge in [-0.15, -0.1) is 11.8 Å². The molecule has 2 aromatic rings. The van der Waals surface area contributed by atoms with Crippen molar-refractivity contribution in [2.24, 2.45) is 5.10 Å². The molecule has 1 atom stereocenters. The molecule has 0 aromatic heterocycles. The number of ether oxygens (including phenoxy) is 1. The second-order valence-electron chi connectivity index (χ2n) is 5.00. The summed E-state index contributed by atoms with van der Waals surface area (Å²) in [6, 6.07) is 10.6. The maximum absolute atomic E-state index is 12.1. The molecule has 2 rings (SSSR count). The first kappa shape index (κ1) is 19.6. The van der Waals surface area contributed by atoms with Crippen LogP contribution in [0.4, 0.5) is 0 Å². The second-order valence-corrected chi connectivity index (χ2v) is 7.71. The van der Waals surface area contributed by atoms with Gasteiger partial charge in [-0.3, -0.25) is 4.79 Å². The fraction of sp³-hybridized carbons (Fsp3) is 0.176. The highest BCUT2D eigenvalue weighted by Crippen LogP contribution is 2.34. The summed E-state index contributed by atoms with van der Waals surface area (Å²) in [5, 5.41) is 14.1. The van der Waals surface area contributed by atoms with Crippen LogP contribution in [0.1, 0.15) is 12.5 Å². The summed E-state index contributed by atoms with van der Waals surface area (Å²) in [5.41, 5.74) is 3.17. The molecule has 0 aliphatic carbocycles. The Morgan fingerprint density at radius 1 is 1.40 bits per heavy atom. The first-order valence-corrected chi connectivity index (χ1v) is 9.27. The van der Waals surface area contributed by atoms with Crippen LogP contribution >= 0.6 is 39.3 Å². The minimum atomic E-state index is -0.320. The number of carbonyl (C=O) groups is 1. The van der Waals surface area contributed by atoms with Gasteiger partial charge >= 0.3 is 0 Å². The third kappa shape index (κ3) is 5.66. The highest BCUT2D eigenvalue weighted by molar-refractivity contribution is 9.10. The number of carbonyl (C=O) groups excluding carboxylic acids is 1. The number of nitrogens with zero attached hydrogens (tertiary/aromatic N) is 1. The molecule has 8 heteroatoms. The number of phenolic OH excluding ortho intramolecular Hbond substituents is 1. The molecule has 0 fully saturated rings. The number of aromatic hydroxyl groups is 1. The van der Waals surface area contributed by atoms with Crippen molar-refractivity contribution in [3.05, 3.63) is 51.5 Å². The van der Waals surface area contributed by atoms with E-state index in [0.717, 1.165) is 4.90 Å². The Morgan fingerprint density at radius 3 is 2.72 bits per heavy atom. The zero-order chi connectivity index (χ0) is 18.4. The van der Waals surface area contributed by atoms with Crippen LogP contribution in [-0.4, -0.2) is 29.6 Å². The number of hydrogen-bond donors (Lipinski definition) is 2. The summed E-state index contributed by atoms with van der Waals surface area (Å²) in [5.74, 6) is 0.103. The van der Waals surface area contributed by atoms with Gasteiger partial charge < -0.3 is 9.84 Å². The molecule has 2 N–H and O–H groups in total. The smallest absolute Gasteiger partial charge is 0.253 e. The molecule has 0 radical (unpaired) electrons. The SMILES string of the molecule is COc1cc(C=NNC(=O)C(C)Sc2ccc(Cl)cc2)cc(Br)c1O. The Hall–Kier alpha value is -1.70. The predicted octanol–water partition coefficient (Wildman–Crippen LogP) is 4.45. The van der Waals surface area contributed by atoms with E-state index < -0.39 is 0 Å². The van der Waals surface area contributed by atoms with Crippen molar-refractivity contribution in [1.82, 2.24) is 5.43 Å². The summed E-state index contributed by atoms with van der Waals surface area (Å²) in [7, 11) is 1.46. The summed E-state index contributed by atoms with van der Waals surface area (Å²) in [6.45, 7) is 1.80. The molecule has 0 bridgehead atoms. The number of methoxy groups -OCH3 is 1. The molecule has 0 saturated heterocycles.